The first-order valence-electron chi connectivity index (χ1n) is 10.4. The lowest BCUT2D eigenvalue weighted by Crippen LogP contribution is -2.34. The van der Waals surface area contributed by atoms with Gasteiger partial charge in [0.15, 0.2) is 17.1 Å². The maximum absolute atomic E-state index is 13.2. The van der Waals surface area contributed by atoms with Crippen LogP contribution in [0.25, 0.3) is 16.7 Å². The fraction of sp³-hybridized carbons (Fsp3) is 0.217. The number of hydrogen-bond donors (Lipinski definition) is 1. The number of hydrogen-bond acceptors (Lipinski definition) is 6. The third kappa shape index (κ3) is 4.02. The van der Waals surface area contributed by atoms with Crippen molar-refractivity contribution in [3.8, 4) is 17.2 Å². The van der Waals surface area contributed by atoms with Crippen LogP contribution in [0, 0.1) is 5.82 Å². The monoisotopic (exact) mass is 449 g/mol. The third-order valence-electron chi connectivity index (χ3n) is 5.38. The van der Waals surface area contributed by atoms with Crippen LogP contribution in [0.15, 0.2) is 59.8 Å². The van der Waals surface area contributed by atoms with Gasteiger partial charge in [-0.1, -0.05) is 6.07 Å². The fourth-order valence-corrected chi connectivity index (χ4v) is 3.69. The highest BCUT2D eigenvalue weighted by Gasteiger charge is 2.17. The normalized spacial score (nSPS) is 13.6. The largest absolute Gasteiger partial charge is 0.486 e. The van der Waals surface area contributed by atoms with Gasteiger partial charge in [-0.2, -0.15) is 5.10 Å². The molecule has 0 saturated carbocycles. The molecule has 9 nitrogen and oxygen atoms in total. The Hall–Kier alpha value is -4.21. The molecule has 1 N–H and O–H groups in total. The molecule has 5 rings (SSSR count). The SMILES string of the molecule is CC(NC(=O)Cn1cnc2c(cnn2-c2ccc(F)cc2)c1=O)c1ccc2c(c1)OCCO2. The first kappa shape index (κ1) is 20.7. The third-order valence-corrected chi connectivity index (χ3v) is 5.38. The van der Waals surface area contributed by atoms with E-state index in [0.29, 0.717) is 36.0 Å². The Morgan fingerprint density at radius 2 is 1.91 bits per heavy atom. The second-order valence-electron chi connectivity index (χ2n) is 7.64. The Balaban J connectivity index is 1.32. The van der Waals surface area contributed by atoms with Gasteiger partial charge in [-0.25, -0.2) is 14.1 Å². The zero-order chi connectivity index (χ0) is 22.9. The number of carbonyl (C=O) groups is 1. The second-order valence-corrected chi connectivity index (χ2v) is 7.64. The smallest absolute Gasteiger partial charge is 0.264 e. The Kier molecular flexibility index (Phi) is 5.25. The predicted molar refractivity (Wildman–Crippen MR) is 117 cm³/mol. The van der Waals surface area contributed by atoms with Gasteiger partial charge < -0.3 is 14.8 Å². The number of nitrogens with one attached hydrogen (secondary N) is 1. The molecule has 0 bridgehead atoms. The molecule has 4 aromatic rings. The summed E-state index contributed by atoms with van der Waals surface area (Å²) in [5.74, 6) is 0.605. The minimum atomic E-state index is -0.393. The molecule has 0 radical (unpaired) electrons. The van der Waals surface area contributed by atoms with Gasteiger partial charge in [0.2, 0.25) is 5.91 Å². The van der Waals surface area contributed by atoms with Gasteiger partial charge in [-0.05, 0) is 48.9 Å². The maximum atomic E-state index is 13.2. The standard InChI is InChI=1S/C23H20FN5O4/c1-14(15-2-7-19-20(10-15)33-9-8-32-19)27-21(30)12-28-13-25-22-18(23(28)31)11-26-29(22)17-5-3-16(24)4-6-17/h2-7,10-11,13-14H,8-9,12H2,1H3,(H,27,30). The topological polar surface area (TPSA) is 100 Å². The quantitative estimate of drug-likeness (QED) is 0.502. The Morgan fingerprint density at radius 1 is 1.15 bits per heavy atom. The predicted octanol–water partition coefficient (Wildman–Crippen LogP) is 2.37. The van der Waals surface area contributed by atoms with Gasteiger partial charge in [-0.3, -0.25) is 14.2 Å². The van der Waals surface area contributed by atoms with Crippen LogP contribution in [0.5, 0.6) is 11.5 Å². The van der Waals surface area contributed by atoms with E-state index in [9.17, 15) is 14.0 Å². The first-order valence-corrected chi connectivity index (χ1v) is 10.4. The van der Waals surface area contributed by atoms with Crippen LogP contribution in [0.1, 0.15) is 18.5 Å². The average Bonchev–Trinajstić information content (AvgIpc) is 3.26. The molecule has 0 fully saturated rings. The summed E-state index contributed by atoms with van der Waals surface area (Å²) in [7, 11) is 0. The number of amides is 1. The summed E-state index contributed by atoms with van der Waals surface area (Å²) in [6.45, 7) is 2.64. The highest BCUT2D eigenvalue weighted by Crippen LogP contribution is 2.32. The molecule has 2 aromatic heterocycles. The summed E-state index contributed by atoms with van der Waals surface area (Å²) < 4.78 is 27.0. The minimum absolute atomic E-state index is 0.196. The van der Waals surface area contributed by atoms with Gasteiger partial charge in [0.1, 0.15) is 37.3 Å². The van der Waals surface area contributed by atoms with Gasteiger partial charge in [-0.15, -0.1) is 0 Å². The fourth-order valence-electron chi connectivity index (χ4n) is 3.69. The molecule has 2 aromatic carbocycles. The molecule has 1 atom stereocenters. The molecule has 33 heavy (non-hydrogen) atoms. The number of fused-ring (bicyclic) bond motifs is 2. The van der Waals surface area contributed by atoms with E-state index in [1.807, 2.05) is 25.1 Å². The molecular weight excluding hydrogens is 429 g/mol. The van der Waals surface area contributed by atoms with Crippen LogP contribution in [-0.4, -0.2) is 38.5 Å². The van der Waals surface area contributed by atoms with Crippen molar-refractivity contribution in [2.75, 3.05) is 13.2 Å². The van der Waals surface area contributed by atoms with Gasteiger partial charge in [0.25, 0.3) is 5.56 Å². The number of ether oxygens (including phenoxy) is 2. The number of rotatable bonds is 5. The summed E-state index contributed by atoms with van der Waals surface area (Å²) in [5.41, 5.74) is 1.36. The molecule has 10 heteroatoms. The zero-order valence-corrected chi connectivity index (χ0v) is 17.7. The maximum Gasteiger partial charge on any atom is 0.264 e. The second kappa shape index (κ2) is 8.38. The van der Waals surface area contributed by atoms with E-state index in [4.69, 9.17) is 9.47 Å². The van der Waals surface area contributed by atoms with Crippen LogP contribution in [0.2, 0.25) is 0 Å². The Bertz CT molecular complexity index is 1400. The van der Waals surface area contributed by atoms with E-state index < -0.39 is 5.56 Å². The van der Waals surface area contributed by atoms with Crippen LogP contribution >= 0.6 is 0 Å². The van der Waals surface area contributed by atoms with Crippen molar-refractivity contribution in [2.45, 2.75) is 19.5 Å². The molecule has 168 valence electrons. The number of halogens is 1. The van der Waals surface area contributed by atoms with Crippen LogP contribution < -0.4 is 20.3 Å². The van der Waals surface area contributed by atoms with Crippen molar-refractivity contribution in [3.05, 3.63) is 76.7 Å². The summed E-state index contributed by atoms with van der Waals surface area (Å²) in [4.78, 5) is 29.8. The Morgan fingerprint density at radius 3 is 2.70 bits per heavy atom. The Labute approximate surface area is 187 Å². The molecule has 1 amide bonds. The van der Waals surface area contributed by atoms with E-state index >= 15 is 0 Å². The van der Waals surface area contributed by atoms with Crippen molar-refractivity contribution >= 4 is 16.9 Å². The van der Waals surface area contributed by atoms with E-state index in [0.717, 1.165) is 5.56 Å². The number of aromatic nitrogens is 4. The molecule has 0 saturated heterocycles. The van der Waals surface area contributed by atoms with Gasteiger partial charge >= 0.3 is 0 Å². The molecule has 1 aliphatic rings. The van der Waals surface area contributed by atoms with Crippen LogP contribution in [0.3, 0.4) is 0 Å². The van der Waals surface area contributed by atoms with Crippen LogP contribution in [-0.2, 0) is 11.3 Å². The molecular formula is C23H20FN5O4. The van der Waals surface area contributed by atoms with Gasteiger partial charge in [0.05, 0.1) is 17.9 Å². The zero-order valence-electron chi connectivity index (χ0n) is 17.7. The van der Waals surface area contributed by atoms with E-state index in [-0.39, 0.29) is 29.7 Å². The number of nitrogens with zero attached hydrogens (tertiary/aromatic N) is 4. The molecule has 1 unspecified atom stereocenters. The number of benzene rings is 2. The molecule has 3 heterocycles. The van der Waals surface area contributed by atoms with E-state index in [1.165, 1.54) is 33.9 Å². The van der Waals surface area contributed by atoms with Crippen molar-refractivity contribution in [3.63, 3.8) is 0 Å². The van der Waals surface area contributed by atoms with E-state index in [2.05, 4.69) is 15.4 Å². The highest BCUT2D eigenvalue weighted by molar-refractivity contribution is 5.78. The van der Waals surface area contributed by atoms with Gasteiger partial charge in [0, 0.05) is 0 Å². The van der Waals surface area contributed by atoms with Crippen molar-refractivity contribution in [1.29, 1.82) is 0 Å². The van der Waals surface area contributed by atoms with E-state index in [1.54, 1.807) is 12.1 Å². The molecule has 0 aliphatic carbocycles. The lowest BCUT2D eigenvalue weighted by atomic mass is 10.1. The lowest BCUT2D eigenvalue weighted by molar-refractivity contribution is -0.122. The average molecular weight is 449 g/mol. The summed E-state index contributed by atoms with van der Waals surface area (Å²) in [6, 6.07) is 10.9. The summed E-state index contributed by atoms with van der Waals surface area (Å²) >= 11 is 0. The van der Waals surface area contributed by atoms with Crippen molar-refractivity contribution in [1.82, 2.24) is 24.6 Å². The molecule has 0 spiro atoms. The van der Waals surface area contributed by atoms with Crippen LogP contribution in [0.4, 0.5) is 4.39 Å². The van der Waals surface area contributed by atoms with Crippen molar-refractivity contribution < 1.29 is 18.7 Å². The first-order chi connectivity index (χ1) is 16.0. The lowest BCUT2D eigenvalue weighted by Gasteiger charge is -2.21. The number of carbonyl (C=O) groups excluding carboxylic acids is 1. The minimum Gasteiger partial charge on any atom is -0.486 e. The summed E-state index contributed by atoms with van der Waals surface area (Å²) in [6.07, 6.45) is 2.70. The summed E-state index contributed by atoms with van der Waals surface area (Å²) in [5, 5.41) is 7.34. The highest BCUT2D eigenvalue weighted by atomic mass is 19.1. The molecule has 1 aliphatic heterocycles. The van der Waals surface area contributed by atoms with Crippen molar-refractivity contribution in [2.24, 2.45) is 0 Å².